The van der Waals surface area contributed by atoms with Crippen LogP contribution in [0.25, 0.3) is 11.1 Å². The molecule has 0 fully saturated rings. The van der Waals surface area contributed by atoms with Crippen molar-refractivity contribution >= 4 is 6.09 Å². The van der Waals surface area contributed by atoms with Gasteiger partial charge in [-0.3, -0.25) is 0 Å². The molecule has 150 valence electrons. The number of fused-ring (bicyclic) bond motifs is 1. The number of halogens is 3. The number of ether oxygens (including phenoxy) is 1. The average Bonchev–Trinajstić information content (AvgIpc) is 2.53. The molecule has 0 aliphatic carbocycles. The van der Waals surface area contributed by atoms with Crippen LogP contribution in [0.5, 0.6) is 0 Å². The Balaban J connectivity index is 2.16. The van der Waals surface area contributed by atoms with Crippen molar-refractivity contribution in [2.24, 2.45) is 0 Å². The number of carbonyl (C=O) groups is 1. The standard InChI is InChI=1S/C22H24F3NO2/c1-21(2,3)28-20(27)26-11-14-13(18-15(23)7-6-8-16(18)24)9-10-17(25)19(14)22(4,5)12-26/h6-10H,11-12H2,1-5H3. The summed E-state index contributed by atoms with van der Waals surface area (Å²) in [6.45, 7) is 9.11. The van der Waals surface area contributed by atoms with E-state index in [1.54, 1.807) is 34.6 Å². The van der Waals surface area contributed by atoms with Gasteiger partial charge < -0.3 is 9.64 Å². The molecule has 2 aromatic rings. The van der Waals surface area contributed by atoms with Gasteiger partial charge in [0.05, 0.1) is 12.1 Å². The molecule has 6 heteroatoms. The van der Waals surface area contributed by atoms with Crippen LogP contribution in [-0.4, -0.2) is 23.1 Å². The molecule has 1 amide bonds. The predicted octanol–water partition coefficient (Wildman–Crippen LogP) is 5.80. The van der Waals surface area contributed by atoms with E-state index in [4.69, 9.17) is 4.74 Å². The van der Waals surface area contributed by atoms with Gasteiger partial charge in [0.2, 0.25) is 0 Å². The van der Waals surface area contributed by atoms with Crippen molar-refractivity contribution in [3.63, 3.8) is 0 Å². The highest BCUT2D eigenvalue weighted by molar-refractivity contribution is 5.74. The van der Waals surface area contributed by atoms with Gasteiger partial charge in [-0.1, -0.05) is 26.0 Å². The van der Waals surface area contributed by atoms with Crippen LogP contribution in [0, 0.1) is 17.5 Å². The monoisotopic (exact) mass is 391 g/mol. The third-order valence-electron chi connectivity index (χ3n) is 4.76. The number of benzene rings is 2. The molecular formula is C22H24F3NO2. The van der Waals surface area contributed by atoms with E-state index in [9.17, 15) is 18.0 Å². The summed E-state index contributed by atoms with van der Waals surface area (Å²) in [4.78, 5) is 14.1. The molecule has 0 unspecified atom stereocenters. The lowest BCUT2D eigenvalue weighted by Crippen LogP contribution is -2.47. The van der Waals surface area contributed by atoms with E-state index in [0.29, 0.717) is 11.1 Å². The molecule has 0 N–H and O–H groups in total. The van der Waals surface area contributed by atoms with Crippen LogP contribution in [0.1, 0.15) is 45.7 Å². The van der Waals surface area contributed by atoms with E-state index in [1.807, 2.05) is 0 Å². The molecule has 3 nitrogen and oxygen atoms in total. The van der Waals surface area contributed by atoms with Gasteiger partial charge in [0, 0.05) is 17.5 Å². The van der Waals surface area contributed by atoms with Crippen LogP contribution in [0.4, 0.5) is 18.0 Å². The van der Waals surface area contributed by atoms with Crippen LogP contribution >= 0.6 is 0 Å². The Kier molecular flexibility index (Phi) is 4.94. The molecule has 0 spiro atoms. The fraction of sp³-hybridized carbons (Fsp3) is 0.409. The molecule has 0 aromatic heterocycles. The maximum Gasteiger partial charge on any atom is 0.410 e. The third kappa shape index (κ3) is 3.73. The van der Waals surface area contributed by atoms with Gasteiger partial charge in [-0.2, -0.15) is 0 Å². The van der Waals surface area contributed by atoms with Crippen LogP contribution in [0.15, 0.2) is 30.3 Å². The normalized spacial score (nSPS) is 15.9. The first kappa shape index (κ1) is 20.2. The Morgan fingerprint density at radius 3 is 2.21 bits per heavy atom. The Morgan fingerprint density at radius 1 is 1.04 bits per heavy atom. The zero-order valence-corrected chi connectivity index (χ0v) is 16.7. The van der Waals surface area contributed by atoms with Gasteiger partial charge >= 0.3 is 6.09 Å². The van der Waals surface area contributed by atoms with Gasteiger partial charge in [-0.05, 0) is 50.1 Å². The summed E-state index contributed by atoms with van der Waals surface area (Å²) in [5.74, 6) is -1.92. The fourth-order valence-corrected chi connectivity index (χ4v) is 3.76. The second-order valence-electron chi connectivity index (χ2n) is 8.77. The number of hydrogen-bond donors (Lipinski definition) is 0. The number of nitrogens with zero attached hydrogens (tertiary/aromatic N) is 1. The molecule has 3 rings (SSSR count). The highest BCUT2D eigenvalue weighted by Crippen LogP contribution is 2.41. The van der Waals surface area contributed by atoms with E-state index < -0.39 is 34.6 Å². The molecule has 0 saturated carbocycles. The smallest absolute Gasteiger partial charge is 0.410 e. The van der Waals surface area contributed by atoms with Crippen LogP contribution in [-0.2, 0) is 16.7 Å². The first-order valence-corrected chi connectivity index (χ1v) is 9.15. The van der Waals surface area contributed by atoms with Gasteiger partial charge in [-0.25, -0.2) is 18.0 Å². The lowest BCUT2D eigenvalue weighted by Gasteiger charge is -2.41. The van der Waals surface area contributed by atoms with E-state index in [0.717, 1.165) is 12.1 Å². The Bertz CT molecular complexity index is 912. The highest BCUT2D eigenvalue weighted by Gasteiger charge is 2.39. The maximum atomic E-state index is 14.7. The molecular weight excluding hydrogens is 367 g/mol. The van der Waals surface area contributed by atoms with E-state index in [2.05, 4.69) is 0 Å². The predicted molar refractivity (Wildman–Crippen MR) is 101 cm³/mol. The summed E-state index contributed by atoms with van der Waals surface area (Å²) < 4.78 is 49.1. The van der Waals surface area contributed by atoms with Gasteiger partial charge in [0.15, 0.2) is 0 Å². The summed E-state index contributed by atoms with van der Waals surface area (Å²) in [5, 5.41) is 0. The molecule has 0 atom stereocenters. The Labute approximate surface area is 163 Å². The summed E-state index contributed by atoms with van der Waals surface area (Å²) in [7, 11) is 0. The van der Waals surface area contributed by atoms with E-state index >= 15 is 0 Å². The van der Waals surface area contributed by atoms with Crippen molar-refractivity contribution in [2.45, 2.75) is 52.2 Å². The van der Waals surface area contributed by atoms with Crippen molar-refractivity contribution in [1.82, 2.24) is 4.90 Å². The van der Waals surface area contributed by atoms with E-state index in [-0.39, 0.29) is 24.2 Å². The van der Waals surface area contributed by atoms with Crippen molar-refractivity contribution in [3.8, 4) is 11.1 Å². The Hall–Kier alpha value is -2.50. The fourth-order valence-electron chi connectivity index (χ4n) is 3.76. The van der Waals surface area contributed by atoms with Gasteiger partial charge in [-0.15, -0.1) is 0 Å². The SMILES string of the molecule is CC(C)(C)OC(=O)N1Cc2c(-c3c(F)cccc3F)ccc(F)c2C(C)(C)C1. The average molecular weight is 391 g/mol. The molecule has 0 radical (unpaired) electrons. The summed E-state index contributed by atoms with van der Waals surface area (Å²) in [6, 6.07) is 6.19. The number of carbonyl (C=O) groups excluding carboxylic acids is 1. The highest BCUT2D eigenvalue weighted by atomic mass is 19.1. The minimum Gasteiger partial charge on any atom is -0.444 e. The minimum absolute atomic E-state index is 0.00848. The van der Waals surface area contributed by atoms with Crippen LogP contribution < -0.4 is 0 Å². The van der Waals surface area contributed by atoms with Crippen molar-refractivity contribution in [3.05, 3.63) is 58.9 Å². The second-order valence-corrected chi connectivity index (χ2v) is 8.77. The number of hydrogen-bond acceptors (Lipinski definition) is 2. The van der Waals surface area contributed by atoms with Gasteiger partial charge in [0.25, 0.3) is 0 Å². The topological polar surface area (TPSA) is 29.5 Å². The molecule has 1 heterocycles. The largest absolute Gasteiger partial charge is 0.444 e. The first-order chi connectivity index (χ1) is 12.9. The van der Waals surface area contributed by atoms with E-state index in [1.165, 1.54) is 23.1 Å². The number of rotatable bonds is 1. The van der Waals surface area contributed by atoms with Crippen LogP contribution in [0.3, 0.4) is 0 Å². The zero-order valence-electron chi connectivity index (χ0n) is 16.7. The van der Waals surface area contributed by atoms with Crippen LogP contribution in [0.2, 0.25) is 0 Å². The Morgan fingerprint density at radius 2 is 1.64 bits per heavy atom. The first-order valence-electron chi connectivity index (χ1n) is 9.15. The molecule has 0 bridgehead atoms. The zero-order chi connectivity index (χ0) is 20.9. The van der Waals surface area contributed by atoms with Crippen molar-refractivity contribution < 1.29 is 22.7 Å². The lowest BCUT2D eigenvalue weighted by molar-refractivity contribution is 0.0172. The summed E-state index contributed by atoms with van der Waals surface area (Å²) in [5.41, 5.74) is -0.663. The summed E-state index contributed by atoms with van der Waals surface area (Å²) >= 11 is 0. The van der Waals surface area contributed by atoms with Crippen molar-refractivity contribution in [2.75, 3.05) is 6.54 Å². The molecule has 0 saturated heterocycles. The quantitative estimate of drug-likeness (QED) is 0.615. The van der Waals surface area contributed by atoms with Gasteiger partial charge in [0.1, 0.15) is 23.1 Å². The molecule has 1 aliphatic rings. The molecule has 28 heavy (non-hydrogen) atoms. The lowest BCUT2D eigenvalue weighted by atomic mass is 9.76. The molecule has 2 aromatic carbocycles. The molecule has 1 aliphatic heterocycles. The minimum atomic E-state index is -0.758. The summed E-state index contributed by atoms with van der Waals surface area (Å²) in [6.07, 6.45) is -0.546. The second kappa shape index (κ2) is 6.83. The van der Waals surface area contributed by atoms with Crippen molar-refractivity contribution in [1.29, 1.82) is 0 Å². The maximum absolute atomic E-state index is 14.7. The number of amides is 1. The third-order valence-corrected chi connectivity index (χ3v) is 4.76.